The minimum Gasteiger partial charge on any atom is -0.481 e. The number of allylic oxidation sites excluding steroid dienone is 4. The van der Waals surface area contributed by atoms with Crippen LogP contribution in [-0.2, 0) is 9.53 Å². The zero-order valence-corrected chi connectivity index (χ0v) is 23.1. The second-order valence-corrected chi connectivity index (χ2v) is 13.4. The molecule has 1 heterocycles. The van der Waals surface area contributed by atoms with Crippen LogP contribution in [0.25, 0.3) is 0 Å². The van der Waals surface area contributed by atoms with Crippen molar-refractivity contribution in [3.05, 3.63) is 34.9 Å². The van der Waals surface area contributed by atoms with E-state index in [1.165, 1.54) is 36.8 Å². The Bertz CT molecular complexity index is 936. The van der Waals surface area contributed by atoms with E-state index < -0.39 is 5.97 Å². The van der Waals surface area contributed by atoms with Gasteiger partial charge < -0.3 is 14.9 Å². The third kappa shape index (κ3) is 4.48. The van der Waals surface area contributed by atoms with Crippen molar-refractivity contribution in [2.24, 2.45) is 34.0 Å². The normalized spacial score (nSPS) is 40.5. The van der Waals surface area contributed by atoms with Gasteiger partial charge in [-0.3, -0.25) is 4.79 Å². The van der Waals surface area contributed by atoms with E-state index in [1.807, 2.05) is 0 Å². The molecule has 0 spiro atoms. The SMILES string of the molecule is C=C(CCC[C@H]1CC=C2C3=C([C@@H](O)CC21C)C1(C)CC2O[C@@H]2C(C)(C)C1CC3)C(C)C.CC(=O)O. The maximum absolute atomic E-state index is 11.7. The molecule has 4 unspecified atom stereocenters. The molecule has 4 heteroatoms. The van der Waals surface area contributed by atoms with Gasteiger partial charge in [-0.1, -0.05) is 59.8 Å². The Morgan fingerprint density at radius 2 is 1.86 bits per heavy atom. The van der Waals surface area contributed by atoms with Crippen molar-refractivity contribution >= 4 is 5.97 Å². The summed E-state index contributed by atoms with van der Waals surface area (Å²) < 4.78 is 6.14. The third-order valence-electron chi connectivity index (χ3n) is 10.5. The lowest BCUT2D eigenvalue weighted by atomic mass is 9.46. The number of aliphatic hydroxyl groups is 1. The predicted molar refractivity (Wildman–Crippen MR) is 141 cm³/mol. The topological polar surface area (TPSA) is 70.1 Å². The summed E-state index contributed by atoms with van der Waals surface area (Å²) in [7, 11) is 0. The van der Waals surface area contributed by atoms with Gasteiger partial charge in [0.2, 0.25) is 0 Å². The number of hydrogen-bond acceptors (Lipinski definition) is 3. The lowest BCUT2D eigenvalue weighted by Gasteiger charge is -2.57. The lowest BCUT2D eigenvalue weighted by molar-refractivity contribution is -0.134. The van der Waals surface area contributed by atoms with Gasteiger partial charge in [0.1, 0.15) is 0 Å². The quantitative estimate of drug-likeness (QED) is 0.323. The average molecular weight is 485 g/mol. The first-order chi connectivity index (χ1) is 16.2. The molecule has 4 nitrogen and oxygen atoms in total. The first-order valence-corrected chi connectivity index (χ1v) is 13.9. The van der Waals surface area contributed by atoms with E-state index in [9.17, 15) is 5.11 Å². The first kappa shape index (κ1) is 26.7. The van der Waals surface area contributed by atoms with Crippen molar-refractivity contribution < 1.29 is 19.7 Å². The van der Waals surface area contributed by atoms with Crippen LogP contribution in [0, 0.1) is 34.0 Å². The summed E-state index contributed by atoms with van der Waals surface area (Å²) in [4.78, 5) is 9.00. The van der Waals surface area contributed by atoms with Crippen LogP contribution in [0.5, 0.6) is 0 Å². The van der Waals surface area contributed by atoms with Gasteiger partial charge in [-0.05, 0) is 102 Å². The number of hydrogen-bond donors (Lipinski definition) is 2. The first-order valence-electron chi connectivity index (χ1n) is 13.9. The van der Waals surface area contributed by atoms with Crippen molar-refractivity contribution in [2.75, 3.05) is 0 Å². The lowest BCUT2D eigenvalue weighted by Crippen LogP contribution is -2.53. The second kappa shape index (κ2) is 9.17. The van der Waals surface area contributed by atoms with Crippen molar-refractivity contribution in [1.82, 2.24) is 0 Å². The number of aliphatic hydroxyl groups excluding tert-OH is 1. The number of ether oxygens (including phenoxy) is 1. The van der Waals surface area contributed by atoms with Crippen molar-refractivity contribution in [2.45, 2.75) is 118 Å². The fourth-order valence-electron chi connectivity index (χ4n) is 8.67. The molecule has 5 aliphatic rings. The number of carboxylic acids is 1. The Morgan fingerprint density at radius 3 is 2.49 bits per heavy atom. The maximum atomic E-state index is 11.7. The standard InChI is InChI=1S/C29H44O2.C2H4O2/c1-17(2)18(3)9-8-10-19-11-13-21-20-12-14-24-27(4,5)26-23(31-26)16-29(24,7)25(20)22(30)15-28(19,21)6;1-2(3)4/h13,17,19,22-24,26,30H,3,8-12,14-16H2,1-2,4-7H3;1H3,(H,3,4)/t19-,22-,23?,24?,26-,28?,29?;/m0./s1. The smallest absolute Gasteiger partial charge is 0.300 e. The van der Waals surface area contributed by atoms with Crippen molar-refractivity contribution in [3.63, 3.8) is 0 Å². The highest BCUT2D eigenvalue weighted by Gasteiger charge is 2.66. The molecule has 0 aromatic heterocycles. The summed E-state index contributed by atoms with van der Waals surface area (Å²) in [5, 5.41) is 19.1. The van der Waals surface area contributed by atoms with Gasteiger partial charge in [0.05, 0.1) is 18.3 Å². The summed E-state index contributed by atoms with van der Waals surface area (Å²) in [6.07, 6.45) is 12.3. The van der Waals surface area contributed by atoms with Crippen LogP contribution >= 0.6 is 0 Å². The van der Waals surface area contributed by atoms with Gasteiger partial charge in [-0.2, -0.15) is 0 Å². The molecule has 0 amide bonds. The molecule has 35 heavy (non-hydrogen) atoms. The van der Waals surface area contributed by atoms with Gasteiger partial charge in [0.15, 0.2) is 0 Å². The van der Waals surface area contributed by atoms with Crippen LogP contribution in [0.4, 0.5) is 0 Å². The molecule has 0 bridgehead atoms. The molecule has 196 valence electrons. The summed E-state index contributed by atoms with van der Waals surface area (Å²) in [5.74, 6) is 1.03. The summed E-state index contributed by atoms with van der Waals surface area (Å²) >= 11 is 0. The average Bonchev–Trinajstić information content (AvgIpc) is 3.43. The van der Waals surface area contributed by atoms with E-state index in [-0.39, 0.29) is 22.3 Å². The number of aliphatic carboxylic acids is 1. The molecule has 1 aliphatic heterocycles. The predicted octanol–water partition coefficient (Wildman–Crippen LogP) is 7.09. The molecular weight excluding hydrogens is 436 g/mol. The zero-order chi connectivity index (χ0) is 25.9. The Hall–Kier alpha value is -1.39. The monoisotopic (exact) mass is 484 g/mol. The molecule has 7 atom stereocenters. The molecule has 0 radical (unpaired) electrons. The maximum Gasteiger partial charge on any atom is 0.300 e. The second-order valence-electron chi connectivity index (χ2n) is 13.4. The van der Waals surface area contributed by atoms with Crippen LogP contribution in [0.2, 0.25) is 0 Å². The van der Waals surface area contributed by atoms with Crippen molar-refractivity contribution in [3.8, 4) is 0 Å². The fraction of sp³-hybridized carbons (Fsp3) is 0.774. The molecule has 2 N–H and O–H groups in total. The van der Waals surface area contributed by atoms with Gasteiger partial charge in [0, 0.05) is 6.92 Å². The Balaban J connectivity index is 0.000000672. The van der Waals surface area contributed by atoms with Crippen LogP contribution in [-0.4, -0.2) is 34.5 Å². The fourth-order valence-corrected chi connectivity index (χ4v) is 8.67. The number of epoxide rings is 1. The third-order valence-corrected chi connectivity index (χ3v) is 10.5. The Labute approximate surface area is 212 Å². The van der Waals surface area contributed by atoms with E-state index in [1.54, 1.807) is 11.1 Å². The number of fused-ring (bicyclic) bond motifs is 5. The van der Waals surface area contributed by atoms with E-state index in [2.05, 4.69) is 54.2 Å². The molecule has 0 aromatic rings. The summed E-state index contributed by atoms with van der Waals surface area (Å²) in [6.45, 7) is 19.6. The Kier molecular flexibility index (Phi) is 6.99. The van der Waals surface area contributed by atoms with E-state index in [0.29, 0.717) is 30.0 Å². The number of rotatable bonds is 5. The van der Waals surface area contributed by atoms with Gasteiger partial charge in [-0.15, -0.1) is 0 Å². The molecule has 5 rings (SSSR count). The van der Waals surface area contributed by atoms with E-state index in [0.717, 1.165) is 32.6 Å². The summed E-state index contributed by atoms with van der Waals surface area (Å²) in [6, 6.07) is 0. The molecule has 0 aromatic carbocycles. The minimum absolute atomic E-state index is 0.0867. The molecular formula is C31H48O4. The van der Waals surface area contributed by atoms with Crippen LogP contribution in [0.3, 0.4) is 0 Å². The number of carboxylic acid groups (broad SMARTS) is 1. The summed E-state index contributed by atoms with van der Waals surface area (Å²) in [5.41, 5.74) is 6.38. The largest absolute Gasteiger partial charge is 0.481 e. The highest BCUT2D eigenvalue weighted by atomic mass is 16.6. The number of carbonyl (C=O) groups is 1. The van der Waals surface area contributed by atoms with E-state index in [4.69, 9.17) is 14.6 Å². The minimum atomic E-state index is -0.833. The molecule has 1 saturated carbocycles. The van der Waals surface area contributed by atoms with Crippen molar-refractivity contribution in [1.29, 1.82) is 0 Å². The Morgan fingerprint density at radius 1 is 1.20 bits per heavy atom. The van der Waals surface area contributed by atoms with Crippen LogP contribution < -0.4 is 0 Å². The van der Waals surface area contributed by atoms with E-state index >= 15 is 0 Å². The highest BCUT2D eigenvalue weighted by molar-refractivity contribution is 5.63. The van der Waals surface area contributed by atoms with Gasteiger partial charge in [0.25, 0.3) is 5.97 Å². The van der Waals surface area contributed by atoms with Crippen LogP contribution in [0.15, 0.2) is 34.9 Å². The highest BCUT2D eigenvalue weighted by Crippen LogP contribution is 2.69. The van der Waals surface area contributed by atoms with Gasteiger partial charge >= 0.3 is 0 Å². The van der Waals surface area contributed by atoms with Gasteiger partial charge in [-0.25, -0.2) is 0 Å². The van der Waals surface area contributed by atoms with Crippen LogP contribution in [0.1, 0.15) is 99.8 Å². The zero-order valence-electron chi connectivity index (χ0n) is 23.1. The molecule has 1 saturated heterocycles. The molecule has 4 aliphatic carbocycles. The molecule has 2 fully saturated rings.